The summed E-state index contributed by atoms with van der Waals surface area (Å²) in [6, 6.07) is 4.68. The molecule has 0 aliphatic rings. The molecule has 0 heterocycles. The van der Waals surface area contributed by atoms with Gasteiger partial charge in [0.25, 0.3) is 0 Å². The number of benzene rings is 1. The molecule has 0 bridgehead atoms. The third-order valence-corrected chi connectivity index (χ3v) is 6.49. The lowest BCUT2D eigenvalue weighted by atomic mass is 9.72. The maximum absolute atomic E-state index is 12.9. The van der Waals surface area contributed by atoms with Gasteiger partial charge in [-0.2, -0.15) is 13.2 Å². The quantitative estimate of drug-likeness (QED) is 0.432. The van der Waals surface area contributed by atoms with Gasteiger partial charge in [-0.1, -0.05) is 66.3 Å². The minimum atomic E-state index is -4.91. The number of rotatable bonds is 7. The number of alkyl halides is 6. The average molecular weight is 475 g/mol. The van der Waals surface area contributed by atoms with E-state index in [1.807, 2.05) is 0 Å². The van der Waals surface area contributed by atoms with Gasteiger partial charge in [-0.25, -0.2) is 0 Å². The van der Waals surface area contributed by atoms with Crippen LogP contribution in [0.15, 0.2) is 18.2 Å². The molecule has 26 heavy (non-hydrogen) atoms. The van der Waals surface area contributed by atoms with Crippen molar-refractivity contribution in [2.75, 3.05) is 0 Å². The van der Waals surface area contributed by atoms with Gasteiger partial charge < -0.3 is 5.11 Å². The van der Waals surface area contributed by atoms with E-state index in [9.17, 15) is 23.1 Å². The molecule has 0 aromatic heterocycles. The van der Waals surface area contributed by atoms with Crippen LogP contribution in [0, 0.1) is 11.3 Å². The standard InChI is InChI=1S/C16H16Cl5F3O2/c1-14(2,12(19)7-15(20,21)16(22,23)24)9(13(25)26)6-8-10(17)4-3-5-11(8)18/h3-5,9,12H,6-7H2,1-2H3,(H,25,26). The van der Waals surface area contributed by atoms with Crippen molar-refractivity contribution < 1.29 is 23.1 Å². The maximum Gasteiger partial charge on any atom is 0.421 e. The van der Waals surface area contributed by atoms with Crippen molar-refractivity contribution in [1.29, 1.82) is 0 Å². The van der Waals surface area contributed by atoms with Gasteiger partial charge in [-0.15, -0.1) is 11.6 Å². The maximum atomic E-state index is 12.9. The Morgan fingerprint density at radius 1 is 1.15 bits per heavy atom. The Bertz CT molecular complexity index is 642. The number of aliphatic carboxylic acids is 1. The summed E-state index contributed by atoms with van der Waals surface area (Å²) >= 11 is 29.0. The SMILES string of the molecule is CC(C)(C(Cl)CC(Cl)(Cl)C(F)(F)F)C(Cc1c(Cl)cccc1Cl)C(=O)O. The van der Waals surface area contributed by atoms with E-state index in [2.05, 4.69) is 0 Å². The molecule has 1 aromatic carbocycles. The molecule has 0 spiro atoms. The summed E-state index contributed by atoms with van der Waals surface area (Å²) in [4.78, 5) is 11.8. The molecule has 0 saturated carbocycles. The van der Waals surface area contributed by atoms with Crippen LogP contribution in [0.5, 0.6) is 0 Å². The van der Waals surface area contributed by atoms with Crippen LogP contribution in [0.25, 0.3) is 0 Å². The summed E-state index contributed by atoms with van der Waals surface area (Å²) < 4.78 is 35.7. The molecular formula is C16H16Cl5F3O2. The van der Waals surface area contributed by atoms with Crippen molar-refractivity contribution in [3.8, 4) is 0 Å². The number of halogens is 8. The lowest BCUT2D eigenvalue weighted by molar-refractivity contribution is -0.148. The highest BCUT2D eigenvalue weighted by atomic mass is 35.5. The second-order valence-electron chi connectivity index (χ2n) is 6.49. The van der Waals surface area contributed by atoms with Gasteiger partial charge in [-0.05, 0) is 29.5 Å². The highest BCUT2D eigenvalue weighted by Crippen LogP contribution is 2.49. The molecule has 2 unspecified atom stereocenters. The highest BCUT2D eigenvalue weighted by Gasteiger charge is 2.55. The van der Waals surface area contributed by atoms with E-state index in [4.69, 9.17) is 58.0 Å². The fourth-order valence-corrected chi connectivity index (χ4v) is 3.82. The third-order valence-electron chi connectivity index (χ3n) is 4.32. The van der Waals surface area contributed by atoms with Crippen molar-refractivity contribution >= 4 is 64.0 Å². The van der Waals surface area contributed by atoms with Crippen molar-refractivity contribution in [3.63, 3.8) is 0 Å². The molecule has 0 radical (unpaired) electrons. The van der Waals surface area contributed by atoms with Gasteiger partial charge in [0.1, 0.15) is 0 Å². The first-order chi connectivity index (χ1) is 11.6. The van der Waals surface area contributed by atoms with E-state index >= 15 is 0 Å². The molecule has 2 atom stereocenters. The normalized spacial score (nSPS) is 15.6. The van der Waals surface area contributed by atoms with Crippen LogP contribution in [0.4, 0.5) is 13.2 Å². The van der Waals surface area contributed by atoms with Crippen molar-refractivity contribution in [1.82, 2.24) is 0 Å². The largest absolute Gasteiger partial charge is 0.481 e. The molecule has 0 fully saturated rings. The van der Waals surface area contributed by atoms with Crippen LogP contribution in [0.3, 0.4) is 0 Å². The van der Waals surface area contributed by atoms with Crippen LogP contribution >= 0.6 is 58.0 Å². The summed E-state index contributed by atoms with van der Waals surface area (Å²) in [5.41, 5.74) is -0.935. The predicted molar refractivity (Wildman–Crippen MR) is 99.8 cm³/mol. The summed E-state index contributed by atoms with van der Waals surface area (Å²) in [7, 11) is 0. The predicted octanol–water partition coefficient (Wildman–Crippen LogP) is 7.00. The molecule has 148 valence electrons. The molecular weight excluding hydrogens is 458 g/mol. The molecule has 10 heteroatoms. The Hall–Kier alpha value is -0.0700. The first-order valence-corrected chi connectivity index (χ1v) is 9.30. The number of hydrogen-bond acceptors (Lipinski definition) is 1. The van der Waals surface area contributed by atoms with Crippen LogP contribution in [-0.4, -0.2) is 27.0 Å². The minimum absolute atomic E-state index is 0.117. The van der Waals surface area contributed by atoms with Crippen molar-refractivity contribution in [2.45, 2.75) is 42.6 Å². The second kappa shape index (κ2) is 8.52. The van der Waals surface area contributed by atoms with E-state index in [0.29, 0.717) is 5.56 Å². The lowest BCUT2D eigenvalue weighted by Crippen LogP contribution is -2.45. The number of carboxylic acid groups (broad SMARTS) is 1. The smallest absolute Gasteiger partial charge is 0.421 e. The molecule has 0 amide bonds. The van der Waals surface area contributed by atoms with Crippen LogP contribution < -0.4 is 0 Å². The number of carbonyl (C=O) groups is 1. The molecule has 1 N–H and O–H groups in total. The summed E-state index contributed by atoms with van der Waals surface area (Å²) in [6.45, 7) is 2.88. The van der Waals surface area contributed by atoms with E-state index in [-0.39, 0.29) is 16.5 Å². The zero-order valence-corrected chi connectivity index (χ0v) is 17.5. The van der Waals surface area contributed by atoms with E-state index in [1.165, 1.54) is 13.8 Å². The van der Waals surface area contributed by atoms with Gasteiger partial charge >= 0.3 is 12.1 Å². The van der Waals surface area contributed by atoms with Crippen molar-refractivity contribution in [2.24, 2.45) is 11.3 Å². The van der Waals surface area contributed by atoms with Gasteiger partial charge in [0, 0.05) is 21.8 Å². The molecule has 1 aromatic rings. The van der Waals surface area contributed by atoms with E-state index in [1.54, 1.807) is 18.2 Å². The second-order valence-corrected chi connectivity index (χ2v) is 9.32. The molecule has 0 aliphatic heterocycles. The topological polar surface area (TPSA) is 37.3 Å². The fraction of sp³-hybridized carbons (Fsp3) is 0.562. The summed E-state index contributed by atoms with van der Waals surface area (Å²) in [5.74, 6) is -2.43. The number of carboxylic acids is 1. The van der Waals surface area contributed by atoms with Gasteiger partial charge in [0.2, 0.25) is 4.33 Å². The molecule has 0 saturated heterocycles. The first kappa shape index (κ1) is 24.0. The monoisotopic (exact) mass is 472 g/mol. The van der Waals surface area contributed by atoms with Gasteiger partial charge in [0.05, 0.1) is 5.92 Å². The highest BCUT2D eigenvalue weighted by molar-refractivity contribution is 6.49. The fourth-order valence-electron chi connectivity index (χ4n) is 2.42. The Kier molecular flexibility index (Phi) is 7.86. The Morgan fingerprint density at radius 3 is 2.00 bits per heavy atom. The van der Waals surface area contributed by atoms with Gasteiger partial charge in [0.15, 0.2) is 0 Å². The van der Waals surface area contributed by atoms with Crippen molar-refractivity contribution in [3.05, 3.63) is 33.8 Å². The van der Waals surface area contributed by atoms with Crippen LogP contribution in [-0.2, 0) is 11.2 Å². The first-order valence-electron chi connectivity index (χ1n) is 7.35. The minimum Gasteiger partial charge on any atom is -0.481 e. The van der Waals surface area contributed by atoms with Crippen LogP contribution in [0.1, 0.15) is 25.8 Å². The average Bonchev–Trinajstić information content (AvgIpc) is 2.44. The number of hydrogen-bond donors (Lipinski definition) is 1. The molecule has 0 aliphatic carbocycles. The zero-order valence-electron chi connectivity index (χ0n) is 13.7. The Morgan fingerprint density at radius 2 is 1.62 bits per heavy atom. The summed E-state index contributed by atoms with van der Waals surface area (Å²) in [6.07, 6.45) is -5.91. The lowest BCUT2D eigenvalue weighted by Gasteiger charge is -2.38. The van der Waals surface area contributed by atoms with E-state index in [0.717, 1.165) is 0 Å². The van der Waals surface area contributed by atoms with Crippen LogP contribution in [0.2, 0.25) is 10.0 Å². The molecule has 2 nitrogen and oxygen atoms in total. The molecule has 1 rings (SSSR count). The Balaban J connectivity index is 3.16. The zero-order chi connectivity index (χ0) is 20.5. The van der Waals surface area contributed by atoms with E-state index < -0.39 is 39.6 Å². The Labute approximate surface area is 174 Å². The van der Waals surface area contributed by atoms with Gasteiger partial charge in [-0.3, -0.25) is 4.79 Å². The third kappa shape index (κ3) is 5.48. The summed E-state index contributed by atoms with van der Waals surface area (Å²) in [5, 5.41) is 8.85.